The number of allylic oxidation sites excluding steroid dienone is 2. The molecular formula is C25H29NO7. The van der Waals surface area contributed by atoms with E-state index >= 15 is 0 Å². The number of methoxy groups -OCH3 is 1. The van der Waals surface area contributed by atoms with Crippen LogP contribution >= 0.6 is 0 Å². The van der Waals surface area contributed by atoms with Crippen molar-refractivity contribution in [2.75, 3.05) is 12.4 Å². The molecule has 4 aliphatic rings. The average Bonchev–Trinajstić information content (AvgIpc) is 2.78. The lowest BCUT2D eigenvalue weighted by Crippen LogP contribution is -2.59. The van der Waals surface area contributed by atoms with E-state index in [0.717, 1.165) is 19.1 Å². The number of fused-ring (bicyclic) bond motifs is 2. The van der Waals surface area contributed by atoms with E-state index in [2.05, 4.69) is 16.6 Å². The van der Waals surface area contributed by atoms with Crippen LogP contribution in [0.5, 0.6) is 11.5 Å². The molecule has 0 aromatic heterocycles. The Labute approximate surface area is 191 Å². The maximum absolute atomic E-state index is 13.0. The van der Waals surface area contributed by atoms with Crippen LogP contribution < -0.4 is 5.32 Å². The second kappa shape index (κ2) is 8.02. The number of hydrogen-bond acceptors (Lipinski definition) is 7. The van der Waals surface area contributed by atoms with Crippen molar-refractivity contribution in [3.63, 3.8) is 0 Å². The number of hydrogen-bond donors (Lipinski definition) is 4. The fraction of sp³-hybridized carbons (Fsp3) is 0.480. The van der Waals surface area contributed by atoms with Crippen molar-refractivity contribution in [3.8, 4) is 11.5 Å². The van der Waals surface area contributed by atoms with Gasteiger partial charge in [-0.3, -0.25) is 9.59 Å². The van der Waals surface area contributed by atoms with Gasteiger partial charge in [-0.05, 0) is 55.7 Å². The highest BCUT2D eigenvalue weighted by atomic mass is 16.5. The molecule has 0 saturated heterocycles. The van der Waals surface area contributed by atoms with E-state index in [1.807, 2.05) is 13.0 Å². The van der Waals surface area contributed by atoms with Gasteiger partial charge in [-0.25, -0.2) is 4.79 Å². The van der Waals surface area contributed by atoms with E-state index in [1.54, 1.807) is 0 Å². The SMILES string of the molecule is C=C1C[C@@]23C=CC(=O)[C@@](C)(CCC(=O)Nc4c(O)ccc(C(=O)OC)c4O)C2C[C@@H]1C[C@H]3O. The molecule has 2 bridgehead atoms. The summed E-state index contributed by atoms with van der Waals surface area (Å²) in [6.45, 7) is 6.02. The molecule has 0 radical (unpaired) electrons. The number of ketones is 1. The van der Waals surface area contributed by atoms with Gasteiger partial charge in [0.1, 0.15) is 17.0 Å². The maximum atomic E-state index is 13.0. The first-order valence-corrected chi connectivity index (χ1v) is 11.1. The van der Waals surface area contributed by atoms with Crippen LogP contribution in [0.2, 0.25) is 0 Å². The van der Waals surface area contributed by atoms with E-state index < -0.39 is 40.3 Å². The number of benzene rings is 1. The fourth-order valence-corrected chi connectivity index (χ4v) is 6.02. The Morgan fingerprint density at radius 3 is 2.70 bits per heavy atom. The molecule has 4 aliphatic carbocycles. The first kappa shape index (κ1) is 23.0. The van der Waals surface area contributed by atoms with Crippen molar-refractivity contribution in [1.82, 2.24) is 0 Å². The quantitative estimate of drug-likeness (QED) is 0.305. The zero-order chi connectivity index (χ0) is 24.1. The molecule has 0 aliphatic heterocycles. The number of aliphatic hydroxyl groups is 1. The molecule has 8 nitrogen and oxygen atoms in total. The Hall–Kier alpha value is -3.13. The predicted octanol–water partition coefficient (Wildman–Crippen LogP) is 3.08. The van der Waals surface area contributed by atoms with Crippen molar-refractivity contribution in [2.24, 2.45) is 22.7 Å². The molecule has 1 unspecified atom stereocenters. The minimum Gasteiger partial charge on any atom is -0.506 e. The van der Waals surface area contributed by atoms with Crippen LogP contribution in [0.1, 0.15) is 49.4 Å². The lowest BCUT2D eigenvalue weighted by Gasteiger charge is -2.61. The van der Waals surface area contributed by atoms with Gasteiger partial charge in [0.2, 0.25) is 5.91 Å². The van der Waals surface area contributed by atoms with Crippen molar-refractivity contribution < 1.29 is 34.4 Å². The highest BCUT2D eigenvalue weighted by Crippen LogP contribution is 2.64. The van der Waals surface area contributed by atoms with Gasteiger partial charge < -0.3 is 25.4 Å². The third-order valence-corrected chi connectivity index (χ3v) is 7.98. The molecule has 5 atom stereocenters. The number of carbonyl (C=O) groups excluding carboxylic acids is 3. The van der Waals surface area contributed by atoms with Crippen molar-refractivity contribution in [2.45, 2.75) is 45.1 Å². The molecule has 1 aromatic carbocycles. The highest BCUT2D eigenvalue weighted by molar-refractivity contribution is 6.01. The minimum atomic E-state index is -0.843. The molecule has 8 heteroatoms. The number of rotatable bonds is 5. The summed E-state index contributed by atoms with van der Waals surface area (Å²) in [5.74, 6) is -2.35. The summed E-state index contributed by atoms with van der Waals surface area (Å²) in [5, 5.41) is 33.7. The van der Waals surface area contributed by atoms with Crippen LogP contribution in [-0.4, -0.2) is 46.2 Å². The zero-order valence-electron chi connectivity index (χ0n) is 18.8. The number of anilines is 1. The molecule has 1 aromatic rings. The second-order valence-corrected chi connectivity index (χ2v) is 9.69. The standard InChI is InChI=1S/C25H29NO7/c1-13-12-25-9-6-18(28)24(2,17(25)10-14(13)11-19(25)29)8-7-20(30)26-21-16(27)5-4-15(22(21)31)23(32)33-3/h4-6,9,14,17,19,27,29,31H,1,7-8,10-12H2,2-3H3,(H,26,30)/t14-,17?,19-,24+,25+/m1/s1. The van der Waals surface area contributed by atoms with E-state index in [4.69, 9.17) is 0 Å². The van der Waals surface area contributed by atoms with E-state index in [-0.39, 0.29) is 41.7 Å². The van der Waals surface area contributed by atoms with Crippen LogP contribution in [0, 0.1) is 22.7 Å². The number of aromatic hydroxyl groups is 2. The van der Waals surface area contributed by atoms with Gasteiger partial charge in [0.05, 0.1) is 13.2 Å². The summed E-state index contributed by atoms with van der Waals surface area (Å²) in [6, 6.07) is 2.37. The largest absolute Gasteiger partial charge is 0.506 e. The van der Waals surface area contributed by atoms with Crippen molar-refractivity contribution in [1.29, 1.82) is 0 Å². The van der Waals surface area contributed by atoms with Crippen LogP contribution in [0.15, 0.2) is 36.4 Å². The topological polar surface area (TPSA) is 133 Å². The Kier molecular flexibility index (Phi) is 5.60. The number of amides is 1. The Bertz CT molecular complexity index is 1080. The van der Waals surface area contributed by atoms with Crippen LogP contribution in [0.3, 0.4) is 0 Å². The van der Waals surface area contributed by atoms with Gasteiger partial charge in [-0.15, -0.1) is 0 Å². The second-order valence-electron chi connectivity index (χ2n) is 9.69. The molecular weight excluding hydrogens is 426 g/mol. The van der Waals surface area contributed by atoms with Gasteiger partial charge in [-0.1, -0.05) is 25.2 Å². The molecule has 0 heterocycles. The Morgan fingerprint density at radius 1 is 1.27 bits per heavy atom. The van der Waals surface area contributed by atoms with Crippen molar-refractivity contribution in [3.05, 3.63) is 42.0 Å². The Balaban J connectivity index is 1.53. The third-order valence-electron chi connectivity index (χ3n) is 7.98. The number of nitrogens with one attached hydrogen (secondary N) is 1. The normalized spacial score (nSPS) is 32.4. The summed E-state index contributed by atoms with van der Waals surface area (Å²) in [5.41, 5.74) is -0.768. The third kappa shape index (κ3) is 3.53. The number of phenols is 2. The minimum absolute atomic E-state index is 0.0499. The van der Waals surface area contributed by atoms with E-state index in [1.165, 1.54) is 18.2 Å². The first-order valence-electron chi connectivity index (χ1n) is 11.1. The molecule has 4 N–H and O–H groups in total. The molecule has 3 fully saturated rings. The summed E-state index contributed by atoms with van der Waals surface area (Å²) in [6.07, 6.45) is 5.03. The number of esters is 1. The van der Waals surface area contributed by atoms with E-state index in [0.29, 0.717) is 12.8 Å². The van der Waals surface area contributed by atoms with Gasteiger partial charge in [-0.2, -0.15) is 0 Å². The summed E-state index contributed by atoms with van der Waals surface area (Å²) in [4.78, 5) is 37.6. The van der Waals surface area contributed by atoms with Gasteiger partial charge in [0.15, 0.2) is 11.5 Å². The molecule has 1 amide bonds. The highest BCUT2D eigenvalue weighted by Gasteiger charge is 2.61. The van der Waals surface area contributed by atoms with E-state index in [9.17, 15) is 29.7 Å². The first-order chi connectivity index (χ1) is 15.5. The molecule has 33 heavy (non-hydrogen) atoms. The summed E-state index contributed by atoms with van der Waals surface area (Å²) >= 11 is 0. The summed E-state index contributed by atoms with van der Waals surface area (Å²) < 4.78 is 4.60. The smallest absolute Gasteiger partial charge is 0.341 e. The monoisotopic (exact) mass is 455 g/mol. The predicted molar refractivity (Wildman–Crippen MR) is 120 cm³/mol. The zero-order valence-corrected chi connectivity index (χ0v) is 18.8. The lowest BCUT2D eigenvalue weighted by atomic mass is 9.43. The lowest BCUT2D eigenvalue weighted by molar-refractivity contribution is -0.148. The van der Waals surface area contributed by atoms with Gasteiger partial charge in [0.25, 0.3) is 0 Å². The maximum Gasteiger partial charge on any atom is 0.341 e. The number of ether oxygens (including phenoxy) is 1. The molecule has 5 rings (SSSR count). The van der Waals surface area contributed by atoms with Gasteiger partial charge >= 0.3 is 5.97 Å². The molecule has 3 saturated carbocycles. The molecule has 176 valence electrons. The summed E-state index contributed by atoms with van der Waals surface area (Å²) in [7, 11) is 1.15. The Morgan fingerprint density at radius 2 is 2.00 bits per heavy atom. The average molecular weight is 456 g/mol. The number of aliphatic hydroxyl groups excluding tert-OH is 1. The van der Waals surface area contributed by atoms with Crippen molar-refractivity contribution >= 4 is 23.3 Å². The van der Waals surface area contributed by atoms with Crippen LogP contribution in [-0.2, 0) is 14.3 Å². The number of phenolic OH excluding ortho intramolecular Hbond substituents is 2. The van der Waals surface area contributed by atoms with Crippen LogP contribution in [0.4, 0.5) is 5.69 Å². The van der Waals surface area contributed by atoms with Gasteiger partial charge in [0, 0.05) is 17.3 Å². The fourth-order valence-electron chi connectivity index (χ4n) is 6.02. The number of carbonyl (C=O) groups is 3. The van der Waals surface area contributed by atoms with Crippen LogP contribution in [0.25, 0.3) is 0 Å². The molecule has 1 spiro atoms.